The van der Waals surface area contributed by atoms with Crippen LogP contribution in [0.15, 0.2) is 59.6 Å². The Balaban J connectivity index is 0.00000157. The average Bonchev–Trinajstić information content (AvgIpc) is 3.43. The lowest BCUT2D eigenvalue weighted by atomic mass is 9.97. The summed E-state index contributed by atoms with van der Waals surface area (Å²) >= 11 is 0. The Bertz CT molecular complexity index is 1290. The van der Waals surface area contributed by atoms with Crippen molar-refractivity contribution in [2.45, 2.75) is 58.4 Å². The molecule has 1 aliphatic rings. The lowest BCUT2D eigenvalue weighted by molar-refractivity contribution is 0.0981. The SMILES string of the molecule is CC.CCOc1ccn(-c2ccc(C(=O)NS(=O)(=O)c3ccccc3)c(N3C[C@@H](C)CC3(C)C)n2)n1.S. The van der Waals surface area contributed by atoms with Crippen molar-refractivity contribution in [2.24, 2.45) is 5.92 Å². The van der Waals surface area contributed by atoms with Crippen LogP contribution in [-0.2, 0) is 10.0 Å². The van der Waals surface area contributed by atoms with Gasteiger partial charge in [0.25, 0.3) is 15.9 Å². The van der Waals surface area contributed by atoms with Crippen LogP contribution in [0.4, 0.5) is 5.82 Å². The van der Waals surface area contributed by atoms with Gasteiger partial charge in [0.2, 0.25) is 5.88 Å². The van der Waals surface area contributed by atoms with E-state index in [4.69, 9.17) is 9.72 Å². The molecule has 9 nitrogen and oxygen atoms in total. The third-order valence-electron chi connectivity index (χ3n) is 5.81. The zero-order chi connectivity index (χ0) is 26.5. The minimum Gasteiger partial charge on any atom is -0.477 e. The maximum absolute atomic E-state index is 13.2. The van der Waals surface area contributed by atoms with Crippen LogP contribution in [0.1, 0.15) is 58.3 Å². The van der Waals surface area contributed by atoms with Crippen molar-refractivity contribution in [3.63, 3.8) is 0 Å². The summed E-state index contributed by atoms with van der Waals surface area (Å²) in [4.78, 5) is 20.1. The third kappa shape index (κ3) is 6.84. The fourth-order valence-corrected chi connectivity index (χ4v) is 5.39. The highest BCUT2D eigenvalue weighted by atomic mass is 32.2. The molecular formula is C26H37N5O4S2. The second kappa shape index (κ2) is 12.5. The number of carbonyl (C=O) groups excluding carboxylic acids is 1. The van der Waals surface area contributed by atoms with Gasteiger partial charge in [-0.3, -0.25) is 4.79 Å². The van der Waals surface area contributed by atoms with Crippen LogP contribution in [0.25, 0.3) is 5.82 Å². The van der Waals surface area contributed by atoms with Gasteiger partial charge in [-0.05, 0) is 57.4 Å². The predicted octanol–water partition coefficient (Wildman–Crippen LogP) is 4.55. The predicted molar refractivity (Wildman–Crippen MR) is 151 cm³/mol. The fraction of sp³-hybridized carbons (Fsp3) is 0.423. The first-order chi connectivity index (χ1) is 17.1. The second-order valence-corrected chi connectivity index (χ2v) is 10.7. The van der Waals surface area contributed by atoms with E-state index in [0.29, 0.717) is 36.6 Å². The summed E-state index contributed by atoms with van der Waals surface area (Å²) in [6.07, 6.45) is 2.65. The number of nitrogens with zero attached hydrogens (tertiary/aromatic N) is 4. The molecule has 0 bridgehead atoms. The molecule has 0 radical (unpaired) electrons. The molecule has 0 saturated carbocycles. The third-order valence-corrected chi connectivity index (χ3v) is 7.15. The van der Waals surface area contributed by atoms with Crippen LogP contribution in [0.3, 0.4) is 0 Å². The van der Waals surface area contributed by atoms with Crippen molar-refractivity contribution in [2.75, 3.05) is 18.1 Å². The highest BCUT2D eigenvalue weighted by Gasteiger charge is 2.39. The van der Waals surface area contributed by atoms with Crippen molar-refractivity contribution in [3.05, 3.63) is 60.3 Å². The summed E-state index contributed by atoms with van der Waals surface area (Å²) < 4.78 is 34.8. The van der Waals surface area contributed by atoms with Gasteiger partial charge in [0, 0.05) is 24.3 Å². The summed E-state index contributed by atoms with van der Waals surface area (Å²) in [6, 6.07) is 12.8. The Hall–Kier alpha value is -3.05. The van der Waals surface area contributed by atoms with Crippen LogP contribution < -0.4 is 14.4 Å². The van der Waals surface area contributed by atoms with E-state index in [0.717, 1.165) is 6.42 Å². The normalized spacial score (nSPS) is 16.3. The molecule has 1 aliphatic heterocycles. The van der Waals surface area contributed by atoms with Crippen molar-refractivity contribution < 1.29 is 17.9 Å². The number of carbonyl (C=O) groups is 1. The van der Waals surface area contributed by atoms with Gasteiger partial charge >= 0.3 is 0 Å². The summed E-state index contributed by atoms with van der Waals surface area (Å²) in [5, 5.41) is 4.38. The number of hydrogen-bond acceptors (Lipinski definition) is 7. The van der Waals surface area contributed by atoms with Crippen LogP contribution in [0.5, 0.6) is 5.88 Å². The smallest absolute Gasteiger partial charge is 0.268 e. The van der Waals surface area contributed by atoms with E-state index in [1.54, 1.807) is 47.3 Å². The Morgan fingerprint density at radius 2 is 1.81 bits per heavy atom. The first-order valence-corrected chi connectivity index (χ1v) is 13.7. The molecule has 1 amide bonds. The second-order valence-electron chi connectivity index (χ2n) is 9.05. The molecule has 4 rings (SSSR count). The lowest BCUT2D eigenvalue weighted by Crippen LogP contribution is -2.41. The summed E-state index contributed by atoms with van der Waals surface area (Å²) in [7, 11) is -4.03. The van der Waals surface area contributed by atoms with E-state index < -0.39 is 15.9 Å². The van der Waals surface area contributed by atoms with E-state index in [2.05, 4.69) is 35.5 Å². The minimum atomic E-state index is -4.03. The number of pyridine rings is 1. The summed E-state index contributed by atoms with van der Waals surface area (Å²) in [5.74, 6) is 1.04. The van der Waals surface area contributed by atoms with E-state index in [9.17, 15) is 13.2 Å². The highest BCUT2D eigenvalue weighted by Crippen LogP contribution is 2.37. The number of nitrogens with one attached hydrogen (secondary N) is 1. The highest BCUT2D eigenvalue weighted by molar-refractivity contribution is 7.90. The van der Waals surface area contributed by atoms with E-state index in [1.807, 2.05) is 20.8 Å². The number of amides is 1. The molecule has 37 heavy (non-hydrogen) atoms. The molecule has 0 aliphatic carbocycles. The van der Waals surface area contributed by atoms with Gasteiger partial charge in [0.1, 0.15) is 5.82 Å². The number of rotatable bonds is 7. The standard InChI is InChI=1S/C24H29N5O4S.C2H6.H2S/c1-5-33-21-13-14-29(26-21)20-12-11-19(22(25-20)28-16-17(2)15-24(28,3)4)23(30)27-34(31,32)18-9-7-6-8-10-18;1-2;/h6-14,17H,5,15-16H2,1-4H3,(H,27,30);1-2H3;1H2/t17-;;/m0../s1. The number of hydrogen-bond donors (Lipinski definition) is 1. The molecule has 11 heteroatoms. The van der Waals surface area contributed by atoms with Gasteiger partial charge in [0.15, 0.2) is 5.82 Å². The largest absolute Gasteiger partial charge is 0.477 e. The van der Waals surface area contributed by atoms with Crippen LogP contribution in [0, 0.1) is 5.92 Å². The maximum Gasteiger partial charge on any atom is 0.268 e. The van der Waals surface area contributed by atoms with Gasteiger partial charge in [-0.15, -0.1) is 5.10 Å². The van der Waals surface area contributed by atoms with Crippen molar-refractivity contribution in [1.29, 1.82) is 0 Å². The van der Waals surface area contributed by atoms with E-state index >= 15 is 0 Å². The number of ether oxygens (including phenoxy) is 1. The Morgan fingerprint density at radius 3 is 2.41 bits per heavy atom. The van der Waals surface area contributed by atoms with Crippen molar-refractivity contribution >= 4 is 35.2 Å². The molecule has 1 atom stereocenters. The molecule has 202 valence electrons. The van der Waals surface area contributed by atoms with E-state index in [-0.39, 0.29) is 29.5 Å². The number of anilines is 1. The lowest BCUT2D eigenvalue weighted by Gasteiger charge is -2.34. The molecule has 1 aromatic carbocycles. The summed E-state index contributed by atoms with van der Waals surface area (Å²) in [6.45, 7) is 13.4. The number of aromatic nitrogens is 3. The van der Waals surface area contributed by atoms with Gasteiger partial charge in [-0.25, -0.2) is 22.8 Å². The van der Waals surface area contributed by atoms with Crippen LogP contribution in [-0.4, -0.2) is 47.8 Å². The monoisotopic (exact) mass is 547 g/mol. The Morgan fingerprint density at radius 1 is 1.14 bits per heavy atom. The zero-order valence-electron chi connectivity index (χ0n) is 22.2. The topological polar surface area (TPSA) is 106 Å². The van der Waals surface area contributed by atoms with E-state index in [1.165, 1.54) is 12.1 Å². The fourth-order valence-electron chi connectivity index (χ4n) is 4.40. The van der Waals surface area contributed by atoms with Crippen molar-refractivity contribution in [3.8, 4) is 11.7 Å². The maximum atomic E-state index is 13.2. The quantitative estimate of drug-likeness (QED) is 0.463. The van der Waals surface area contributed by atoms with Crippen molar-refractivity contribution in [1.82, 2.24) is 19.5 Å². The van der Waals surface area contributed by atoms with Gasteiger partial charge < -0.3 is 9.64 Å². The minimum absolute atomic E-state index is 0. The van der Waals surface area contributed by atoms with Crippen LogP contribution >= 0.6 is 13.5 Å². The first kappa shape index (κ1) is 30.2. The number of sulfonamides is 1. The molecule has 1 fully saturated rings. The molecule has 0 spiro atoms. The van der Waals surface area contributed by atoms with Gasteiger partial charge in [0.05, 0.1) is 17.1 Å². The average molecular weight is 548 g/mol. The molecule has 1 N–H and O–H groups in total. The number of benzene rings is 1. The zero-order valence-corrected chi connectivity index (χ0v) is 24.0. The van der Waals surface area contributed by atoms with Gasteiger partial charge in [-0.1, -0.05) is 39.0 Å². The molecule has 0 unspecified atom stereocenters. The van der Waals surface area contributed by atoms with Gasteiger partial charge in [-0.2, -0.15) is 13.5 Å². The molecule has 3 aromatic rings. The molecule has 3 heterocycles. The molecule has 1 saturated heterocycles. The Kier molecular flexibility index (Phi) is 10.2. The Labute approximate surface area is 226 Å². The molecule has 2 aromatic heterocycles. The summed E-state index contributed by atoms with van der Waals surface area (Å²) in [5.41, 5.74) is -0.0819. The molecular weight excluding hydrogens is 510 g/mol. The first-order valence-electron chi connectivity index (χ1n) is 12.2. The van der Waals surface area contributed by atoms with Crippen LogP contribution in [0.2, 0.25) is 0 Å².